The summed E-state index contributed by atoms with van der Waals surface area (Å²) in [5, 5.41) is 1.28. The number of hydrogen-bond acceptors (Lipinski definition) is 6. The molecule has 0 aliphatic carbocycles. The van der Waals surface area contributed by atoms with Crippen LogP contribution in [-0.2, 0) is 4.79 Å². The van der Waals surface area contributed by atoms with Crippen LogP contribution in [0, 0.1) is 0 Å². The summed E-state index contributed by atoms with van der Waals surface area (Å²) in [5.74, 6) is 7.09. The number of aldehydes is 1. The summed E-state index contributed by atoms with van der Waals surface area (Å²) < 4.78 is 10.3. The fourth-order valence-electron chi connectivity index (χ4n) is 1.39. The first kappa shape index (κ1) is 13.9. The number of allylic oxidation sites excluding steroid dienone is 2. The molecule has 0 atom stereocenters. The Morgan fingerprint density at radius 3 is 2.50 bits per heavy atom. The number of methoxy groups -OCH3 is 2. The van der Waals surface area contributed by atoms with E-state index < -0.39 is 0 Å². The van der Waals surface area contributed by atoms with E-state index in [4.69, 9.17) is 21.1 Å². The summed E-state index contributed by atoms with van der Waals surface area (Å²) in [6.07, 6.45) is 0.543. The van der Waals surface area contributed by atoms with Crippen LogP contribution in [0.25, 0.3) is 0 Å². The van der Waals surface area contributed by atoms with E-state index in [1.54, 1.807) is 32.2 Å². The van der Waals surface area contributed by atoms with Crippen LogP contribution in [0.5, 0.6) is 11.5 Å². The maximum Gasteiger partial charge on any atom is 0.167 e. The predicted molar refractivity (Wildman–Crippen MR) is 69.2 cm³/mol. The van der Waals surface area contributed by atoms with E-state index in [-0.39, 0.29) is 5.70 Å². The van der Waals surface area contributed by atoms with Crippen molar-refractivity contribution in [2.45, 2.75) is 6.92 Å². The quantitative estimate of drug-likeness (QED) is 0.348. The van der Waals surface area contributed by atoms with Crippen LogP contribution in [0.1, 0.15) is 6.92 Å². The lowest BCUT2D eigenvalue weighted by Gasteiger charge is -2.22. The Kier molecular flexibility index (Phi) is 4.56. The largest absolute Gasteiger partial charge is 0.497 e. The predicted octanol–water partition coefficient (Wildman–Crippen LogP) is 0.773. The number of anilines is 1. The number of nitrogens with zero attached hydrogens (tertiary/aromatic N) is 1. The van der Waals surface area contributed by atoms with Crippen molar-refractivity contribution < 1.29 is 14.3 Å². The van der Waals surface area contributed by atoms with E-state index in [0.29, 0.717) is 29.2 Å². The average molecular weight is 251 g/mol. The minimum atomic E-state index is 0.0578. The SMILES string of the molecule is COc1ccc(OC)c(N(N)/C(C)=C(\N)C=O)c1. The normalized spacial score (nSPS) is 11.6. The third kappa shape index (κ3) is 2.72. The van der Waals surface area contributed by atoms with Crippen LogP contribution in [0.4, 0.5) is 5.69 Å². The fourth-order valence-corrected chi connectivity index (χ4v) is 1.39. The zero-order valence-corrected chi connectivity index (χ0v) is 10.6. The molecule has 18 heavy (non-hydrogen) atoms. The summed E-state index contributed by atoms with van der Waals surface area (Å²) in [6, 6.07) is 5.16. The lowest BCUT2D eigenvalue weighted by molar-refractivity contribution is -0.105. The topological polar surface area (TPSA) is 90.8 Å². The first-order chi connectivity index (χ1) is 8.54. The van der Waals surface area contributed by atoms with E-state index in [2.05, 4.69) is 0 Å². The van der Waals surface area contributed by atoms with E-state index >= 15 is 0 Å². The molecule has 0 saturated carbocycles. The molecule has 1 rings (SSSR count). The summed E-state index contributed by atoms with van der Waals surface area (Å²) in [4.78, 5) is 10.6. The first-order valence-electron chi connectivity index (χ1n) is 5.23. The van der Waals surface area contributed by atoms with Crippen molar-refractivity contribution in [3.05, 3.63) is 29.6 Å². The van der Waals surface area contributed by atoms with Crippen molar-refractivity contribution >= 4 is 12.0 Å². The smallest absolute Gasteiger partial charge is 0.167 e. The van der Waals surface area contributed by atoms with Gasteiger partial charge in [0, 0.05) is 6.07 Å². The third-order valence-electron chi connectivity index (χ3n) is 2.55. The van der Waals surface area contributed by atoms with Crippen molar-refractivity contribution in [1.82, 2.24) is 0 Å². The Bertz CT molecular complexity index is 472. The number of hydrogen-bond donors (Lipinski definition) is 2. The maximum absolute atomic E-state index is 10.6. The molecule has 6 heteroatoms. The monoisotopic (exact) mass is 251 g/mol. The summed E-state index contributed by atoms with van der Waals surface area (Å²) in [6.45, 7) is 1.64. The van der Waals surface area contributed by atoms with E-state index in [1.165, 1.54) is 12.1 Å². The Balaban J connectivity index is 3.26. The highest BCUT2D eigenvalue weighted by molar-refractivity contribution is 5.75. The Labute approximate surface area is 106 Å². The highest BCUT2D eigenvalue weighted by Crippen LogP contribution is 2.32. The first-order valence-corrected chi connectivity index (χ1v) is 5.23. The molecular weight excluding hydrogens is 234 g/mol. The molecule has 1 aromatic rings. The molecule has 98 valence electrons. The van der Waals surface area contributed by atoms with Gasteiger partial charge in [-0.2, -0.15) is 0 Å². The standard InChI is InChI=1S/C12H17N3O3/c1-8(10(13)7-16)15(14)11-6-9(17-2)4-5-12(11)18-3/h4-7H,13-14H2,1-3H3/b10-8-. The molecule has 0 bridgehead atoms. The molecule has 6 nitrogen and oxygen atoms in total. The summed E-state index contributed by atoms with van der Waals surface area (Å²) in [7, 11) is 3.08. The van der Waals surface area contributed by atoms with Crippen LogP contribution >= 0.6 is 0 Å². The lowest BCUT2D eigenvalue weighted by Crippen LogP contribution is -2.31. The molecular formula is C12H17N3O3. The van der Waals surface area contributed by atoms with Gasteiger partial charge in [0.05, 0.1) is 25.6 Å². The van der Waals surface area contributed by atoms with Crippen molar-refractivity contribution in [1.29, 1.82) is 0 Å². The van der Waals surface area contributed by atoms with Gasteiger partial charge < -0.3 is 15.2 Å². The van der Waals surface area contributed by atoms with E-state index in [0.717, 1.165) is 0 Å². The number of rotatable bonds is 5. The molecule has 0 unspecified atom stereocenters. The number of hydrazine groups is 1. The Morgan fingerprint density at radius 2 is 2.00 bits per heavy atom. The molecule has 0 aromatic heterocycles. The second-order valence-corrected chi connectivity index (χ2v) is 3.57. The molecule has 0 radical (unpaired) electrons. The second-order valence-electron chi connectivity index (χ2n) is 3.57. The highest BCUT2D eigenvalue weighted by atomic mass is 16.5. The van der Waals surface area contributed by atoms with Crippen LogP contribution in [0.3, 0.4) is 0 Å². The van der Waals surface area contributed by atoms with E-state index in [9.17, 15) is 4.79 Å². The van der Waals surface area contributed by atoms with Gasteiger partial charge in [-0.1, -0.05) is 0 Å². The van der Waals surface area contributed by atoms with Crippen LogP contribution in [0.2, 0.25) is 0 Å². The molecule has 0 aliphatic heterocycles. The van der Waals surface area contributed by atoms with Crippen molar-refractivity contribution in [3.8, 4) is 11.5 Å². The second kappa shape index (κ2) is 5.92. The van der Waals surface area contributed by atoms with Crippen LogP contribution < -0.4 is 26.1 Å². The van der Waals surface area contributed by atoms with E-state index in [1.807, 2.05) is 0 Å². The molecule has 1 aromatic carbocycles. The van der Waals surface area contributed by atoms with Crippen molar-refractivity contribution in [2.24, 2.45) is 11.6 Å². The molecule has 0 aliphatic rings. The van der Waals surface area contributed by atoms with Gasteiger partial charge in [-0.05, 0) is 19.1 Å². The van der Waals surface area contributed by atoms with Gasteiger partial charge in [-0.3, -0.25) is 9.80 Å². The number of benzene rings is 1. The molecule has 0 saturated heterocycles. The van der Waals surface area contributed by atoms with Crippen molar-refractivity contribution in [3.63, 3.8) is 0 Å². The number of carbonyl (C=O) groups excluding carboxylic acids is 1. The zero-order valence-electron chi connectivity index (χ0n) is 10.6. The number of nitrogens with two attached hydrogens (primary N) is 2. The third-order valence-corrected chi connectivity index (χ3v) is 2.55. The van der Waals surface area contributed by atoms with Gasteiger partial charge >= 0.3 is 0 Å². The van der Waals surface area contributed by atoms with Gasteiger partial charge in [0.15, 0.2) is 6.29 Å². The minimum Gasteiger partial charge on any atom is -0.497 e. The molecule has 0 fully saturated rings. The number of carbonyl (C=O) groups is 1. The van der Waals surface area contributed by atoms with Gasteiger partial charge in [0.1, 0.15) is 17.2 Å². The molecule has 0 spiro atoms. The van der Waals surface area contributed by atoms with Gasteiger partial charge in [0.2, 0.25) is 0 Å². The molecule has 0 amide bonds. The Hall–Kier alpha value is -2.21. The summed E-state index contributed by atoms with van der Waals surface area (Å²) >= 11 is 0. The molecule has 0 heterocycles. The minimum absolute atomic E-state index is 0.0578. The number of ether oxygens (including phenoxy) is 2. The molecule has 4 N–H and O–H groups in total. The average Bonchev–Trinajstić information content (AvgIpc) is 2.43. The van der Waals surface area contributed by atoms with Crippen LogP contribution in [-0.4, -0.2) is 20.5 Å². The van der Waals surface area contributed by atoms with Gasteiger partial charge in [-0.15, -0.1) is 0 Å². The van der Waals surface area contributed by atoms with Crippen molar-refractivity contribution in [2.75, 3.05) is 19.2 Å². The highest BCUT2D eigenvalue weighted by Gasteiger charge is 2.13. The Morgan fingerprint density at radius 1 is 1.33 bits per heavy atom. The fraction of sp³-hybridized carbons (Fsp3) is 0.250. The maximum atomic E-state index is 10.6. The lowest BCUT2D eigenvalue weighted by atomic mass is 10.2. The van der Waals surface area contributed by atoms with Gasteiger partial charge in [0.25, 0.3) is 0 Å². The van der Waals surface area contributed by atoms with Gasteiger partial charge in [-0.25, -0.2) is 5.84 Å². The zero-order chi connectivity index (χ0) is 13.7. The summed E-state index contributed by atoms with van der Waals surface area (Å²) in [5.41, 5.74) is 6.57. The van der Waals surface area contributed by atoms with Crippen LogP contribution in [0.15, 0.2) is 29.6 Å².